The van der Waals surface area contributed by atoms with Gasteiger partial charge in [-0.05, 0) is 30.7 Å². The van der Waals surface area contributed by atoms with Gasteiger partial charge in [-0.25, -0.2) is 4.98 Å². The number of benzene rings is 1. The fourth-order valence-corrected chi connectivity index (χ4v) is 2.88. The zero-order chi connectivity index (χ0) is 19.3. The maximum Gasteiger partial charge on any atom is 0.285 e. The number of amides is 1. The number of aromatic nitrogens is 3. The standard InChI is InChI=1S/C21H20N4O3/c1-2-3-13-28-25(21-23-14-18(24-21)19-9-6-12-27-19)20(26)16-10-11-22-17-8-5-4-7-15(16)17/h4-12,14H,2-3,13H2,1H3,(H,23,24). The van der Waals surface area contributed by atoms with Crippen LogP contribution in [0.2, 0.25) is 0 Å². The monoisotopic (exact) mass is 376 g/mol. The van der Waals surface area contributed by atoms with Crippen LogP contribution in [0, 0.1) is 0 Å². The summed E-state index contributed by atoms with van der Waals surface area (Å²) in [6.07, 6.45) is 6.60. The molecule has 142 valence electrons. The SMILES string of the molecule is CCCCON(C(=O)c1ccnc2ccccc12)c1ncc(-c2ccco2)[nH]1. The fraction of sp³-hybridized carbons (Fsp3) is 0.190. The van der Waals surface area contributed by atoms with Crippen LogP contribution in [0.5, 0.6) is 0 Å². The second kappa shape index (κ2) is 8.06. The molecule has 0 saturated heterocycles. The third-order valence-electron chi connectivity index (χ3n) is 4.32. The minimum atomic E-state index is -0.310. The molecule has 4 aromatic rings. The summed E-state index contributed by atoms with van der Waals surface area (Å²) in [7, 11) is 0. The Hall–Kier alpha value is -3.45. The van der Waals surface area contributed by atoms with Crippen molar-refractivity contribution in [2.45, 2.75) is 19.8 Å². The number of aromatic amines is 1. The largest absolute Gasteiger partial charge is 0.463 e. The summed E-state index contributed by atoms with van der Waals surface area (Å²) in [6.45, 7) is 2.47. The van der Waals surface area contributed by atoms with Gasteiger partial charge in [0.05, 0.1) is 30.1 Å². The van der Waals surface area contributed by atoms with Crippen LogP contribution >= 0.6 is 0 Å². The molecule has 0 aliphatic rings. The molecule has 3 heterocycles. The van der Waals surface area contributed by atoms with E-state index in [-0.39, 0.29) is 5.91 Å². The van der Waals surface area contributed by atoms with Gasteiger partial charge in [-0.3, -0.25) is 14.6 Å². The predicted molar refractivity (Wildman–Crippen MR) is 106 cm³/mol. The number of anilines is 1. The number of fused-ring (bicyclic) bond motifs is 1. The van der Waals surface area contributed by atoms with Crippen molar-refractivity contribution in [3.8, 4) is 11.5 Å². The first kappa shape index (κ1) is 17.9. The number of furan rings is 1. The molecular formula is C21H20N4O3. The predicted octanol–water partition coefficient (Wildman–Crippen LogP) is 4.60. The Morgan fingerprint density at radius 1 is 1.18 bits per heavy atom. The molecule has 28 heavy (non-hydrogen) atoms. The molecular weight excluding hydrogens is 356 g/mol. The van der Waals surface area contributed by atoms with Gasteiger partial charge in [0, 0.05) is 11.6 Å². The number of rotatable bonds is 7. The maximum absolute atomic E-state index is 13.3. The number of nitrogens with one attached hydrogen (secondary N) is 1. The van der Waals surface area contributed by atoms with E-state index in [1.165, 1.54) is 5.06 Å². The van der Waals surface area contributed by atoms with Crippen LogP contribution in [0.3, 0.4) is 0 Å². The number of unbranched alkanes of at least 4 members (excludes halogenated alkanes) is 1. The van der Waals surface area contributed by atoms with Gasteiger partial charge in [0.15, 0.2) is 5.76 Å². The van der Waals surface area contributed by atoms with E-state index in [0.717, 1.165) is 23.7 Å². The molecule has 0 atom stereocenters. The lowest BCUT2D eigenvalue weighted by Crippen LogP contribution is -2.32. The molecule has 0 unspecified atom stereocenters. The Morgan fingerprint density at radius 2 is 2.07 bits per heavy atom. The Morgan fingerprint density at radius 3 is 2.89 bits per heavy atom. The number of hydrogen-bond donors (Lipinski definition) is 1. The van der Waals surface area contributed by atoms with Gasteiger partial charge in [-0.1, -0.05) is 31.5 Å². The Kier molecular flexibility index (Phi) is 5.16. The molecule has 0 aliphatic heterocycles. The first-order valence-corrected chi connectivity index (χ1v) is 9.18. The normalized spacial score (nSPS) is 11.0. The van der Waals surface area contributed by atoms with Gasteiger partial charge in [-0.15, -0.1) is 5.06 Å². The van der Waals surface area contributed by atoms with Crippen molar-refractivity contribution in [3.63, 3.8) is 0 Å². The third-order valence-corrected chi connectivity index (χ3v) is 4.32. The van der Waals surface area contributed by atoms with Crippen molar-refractivity contribution in [2.75, 3.05) is 11.7 Å². The van der Waals surface area contributed by atoms with Crippen LogP contribution < -0.4 is 5.06 Å². The second-order valence-corrected chi connectivity index (χ2v) is 6.26. The molecule has 1 amide bonds. The highest BCUT2D eigenvalue weighted by molar-refractivity contribution is 6.12. The minimum absolute atomic E-state index is 0.299. The van der Waals surface area contributed by atoms with Crippen molar-refractivity contribution in [1.29, 1.82) is 0 Å². The highest BCUT2D eigenvalue weighted by Gasteiger charge is 2.24. The first-order chi connectivity index (χ1) is 13.8. The maximum atomic E-state index is 13.3. The number of H-pyrrole nitrogens is 1. The molecule has 7 heteroatoms. The molecule has 3 aromatic heterocycles. The molecule has 0 aliphatic carbocycles. The zero-order valence-corrected chi connectivity index (χ0v) is 15.5. The van der Waals surface area contributed by atoms with Gasteiger partial charge in [-0.2, -0.15) is 0 Å². The molecule has 0 radical (unpaired) electrons. The first-order valence-electron chi connectivity index (χ1n) is 9.18. The van der Waals surface area contributed by atoms with Crippen molar-refractivity contribution in [1.82, 2.24) is 15.0 Å². The number of hydrogen-bond acceptors (Lipinski definition) is 5. The smallest absolute Gasteiger partial charge is 0.285 e. The van der Waals surface area contributed by atoms with Gasteiger partial charge in [0.1, 0.15) is 5.69 Å². The van der Waals surface area contributed by atoms with Crippen molar-refractivity contribution < 1.29 is 14.0 Å². The number of para-hydroxylation sites is 1. The quantitative estimate of drug-likeness (QED) is 0.376. The summed E-state index contributed by atoms with van der Waals surface area (Å²) in [5.74, 6) is 0.623. The Labute approximate surface area is 161 Å². The molecule has 0 spiro atoms. The van der Waals surface area contributed by atoms with Gasteiger partial charge < -0.3 is 9.40 Å². The molecule has 7 nitrogen and oxygen atoms in total. The summed E-state index contributed by atoms with van der Waals surface area (Å²) >= 11 is 0. The van der Waals surface area contributed by atoms with Crippen LogP contribution in [-0.4, -0.2) is 27.5 Å². The lowest BCUT2D eigenvalue weighted by Gasteiger charge is -2.19. The van der Waals surface area contributed by atoms with Crippen molar-refractivity contribution in [3.05, 3.63) is 66.7 Å². The van der Waals surface area contributed by atoms with E-state index in [9.17, 15) is 4.79 Å². The number of pyridine rings is 1. The highest BCUT2D eigenvalue weighted by atomic mass is 16.7. The van der Waals surface area contributed by atoms with E-state index < -0.39 is 0 Å². The van der Waals surface area contributed by atoms with Crippen LogP contribution in [-0.2, 0) is 4.84 Å². The summed E-state index contributed by atoms with van der Waals surface area (Å²) in [5, 5.41) is 1.97. The summed E-state index contributed by atoms with van der Waals surface area (Å²) in [5.41, 5.74) is 1.91. The van der Waals surface area contributed by atoms with Crippen LogP contribution in [0.1, 0.15) is 30.1 Å². The average Bonchev–Trinajstić information content (AvgIpc) is 3.42. The number of carbonyl (C=O) groups is 1. The van der Waals surface area contributed by atoms with E-state index >= 15 is 0 Å². The molecule has 0 fully saturated rings. The zero-order valence-electron chi connectivity index (χ0n) is 15.5. The summed E-state index contributed by atoms with van der Waals surface area (Å²) in [6, 6.07) is 12.8. The van der Waals surface area contributed by atoms with Gasteiger partial charge in [0.25, 0.3) is 5.91 Å². The minimum Gasteiger partial charge on any atom is -0.463 e. The number of hydroxylamine groups is 1. The van der Waals surface area contributed by atoms with Crippen LogP contribution in [0.15, 0.2) is 65.5 Å². The summed E-state index contributed by atoms with van der Waals surface area (Å²) < 4.78 is 5.39. The number of carbonyl (C=O) groups excluding carboxylic acids is 1. The number of imidazole rings is 1. The molecule has 1 aromatic carbocycles. The van der Waals surface area contributed by atoms with E-state index in [2.05, 4.69) is 21.9 Å². The van der Waals surface area contributed by atoms with Crippen molar-refractivity contribution >= 4 is 22.8 Å². The lowest BCUT2D eigenvalue weighted by molar-refractivity contribution is 0.0628. The second-order valence-electron chi connectivity index (χ2n) is 6.26. The van der Waals surface area contributed by atoms with Crippen LogP contribution in [0.4, 0.5) is 5.95 Å². The van der Waals surface area contributed by atoms with Crippen LogP contribution in [0.25, 0.3) is 22.4 Å². The van der Waals surface area contributed by atoms with Gasteiger partial charge >= 0.3 is 0 Å². The Bertz CT molecular complexity index is 1070. The average molecular weight is 376 g/mol. The molecule has 0 saturated carbocycles. The van der Waals surface area contributed by atoms with E-state index in [1.54, 1.807) is 30.8 Å². The topological polar surface area (TPSA) is 84.2 Å². The highest BCUT2D eigenvalue weighted by Crippen LogP contribution is 2.24. The van der Waals surface area contributed by atoms with E-state index in [0.29, 0.717) is 29.6 Å². The van der Waals surface area contributed by atoms with E-state index in [1.807, 2.05) is 30.3 Å². The molecule has 0 bridgehead atoms. The summed E-state index contributed by atoms with van der Waals surface area (Å²) in [4.78, 5) is 30.9. The third kappa shape index (κ3) is 3.52. The molecule has 1 N–H and O–H groups in total. The lowest BCUT2D eigenvalue weighted by atomic mass is 10.1. The fourth-order valence-electron chi connectivity index (χ4n) is 2.88. The Balaban J connectivity index is 1.70. The van der Waals surface area contributed by atoms with Crippen molar-refractivity contribution in [2.24, 2.45) is 0 Å². The number of nitrogens with zero attached hydrogens (tertiary/aromatic N) is 3. The molecule has 4 rings (SSSR count). The van der Waals surface area contributed by atoms with E-state index in [4.69, 9.17) is 9.25 Å². The van der Waals surface area contributed by atoms with Gasteiger partial charge in [0.2, 0.25) is 5.95 Å².